The summed E-state index contributed by atoms with van der Waals surface area (Å²) in [6.07, 6.45) is 0. The van der Waals surface area contributed by atoms with Crippen molar-refractivity contribution in [3.8, 4) is 0 Å². The Labute approximate surface area is 105 Å². The maximum atomic E-state index is 3.51. The first-order valence-electron chi connectivity index (χ1n) is 6.41. The Bertz CT molecular complexity index is 402. The summed E-state index contributed by atoms with van der Waals surface area (Å²) in [5, 5.41) is 3.51. The Morgan fingerprint density at radius 2 is 2.00 bits per heavy atom. The molecule has 94 valence electrons. The number of hydrogen-bond acceptors (Lipinski definition) is 2. The lowest BCUT2D eigenvalue weighted by molar-refractivity contribution is 0.382. The summed E-state index contributed by atoms with van der Waals surface area (Å²) >= 11 is 0. The number of likely N-dealkylation sites (N-methyl/N-ethyl adjacent to an activating group) is 1. The zero-order valence-electron chi connectivity index (χ0n) is 11.7. The quantitative estimate of drug-likeness (QED) is 0.843. The Hall–Kier alpha value is -1.02. The molecule has 2 rings (SSSR count). The summed E-state index contributed by atoms with van der Waals surface area (Å²) in [6.45, 7) is 9.02. The molecule has 2 heteroatoms. The molecular weight excluding hydrogens is 208 g/mol. The zero-order chi connectivity index (χ0) is 12.6. The van der Waals surface area contributed by atoms with Crippen LogP contribution in [0.25, 0.3) is 0 Å². The van der Waals surface area contributed by atoms with Gasteiger partial charge >= 0.3 is 0 Å². The number of benzene rings is 1. The second-order valence-corrected chi connectivity index (χ2v) is 6.39. The third kappa shape index (κ3) is 2.63. The van der Waals surface area contributed by atoms with E-state index in [1.807, 2.05) is 0 Å². The molecule has 1 unspecified atom stereocenters. The van der Waals surface area contributed by atoms with Crippen molar-refractivity contribution in [2.75, 3.05) is 32.5 Å². The van der Waals surface area contributed by atoms with Crippen LogP contribution in [0.5, 0.6) is 0 Å². The summed E-state index contributed by atoms with van der Waals surface area (Å²) in [5.41, 5.74) is 4.49. The SMILES string of the molecule is CN(C)CC1CNc2ccc(C(C)(C)C)cc21. The van der Waals surface area contributed by atoms with Gasteiger partial charge in [-0.25, -0.2) is 0 Å². The largest absolute Gasteiger partial charge is 0.384 e. The normalized spacial score (nSPS) is 19.3. The van der Waals surface area contributed by atoms with Crippen LogP contribution in [0.15, 0.2) is 18.2 Å². The molecule has 0 aliphatic carbocycles. The van der Waals surface area contributed by atoms with Gasteiger partial charge in [-0.3, -0.25) is 0 Å². The van der Waals surface area contributed by atoms with Gasteiger partial charge in [-0.2, -0.15) is 0 Å². The molecule has 1 N–H and O–H groups in total. The van der Waals surface area contributed by atoms with E-state index in [0.717, 1.165) is 13.1 Å². The number of nitrogens with one attached hydrogen (secondary N) is 1. The third-order valence-electron chi connectivity index (χ3n) is 3.48. The summed E-state index contributed by atoms with van der Waals surface area (Å²) in [5.74, 6) is 0.627. The van der Waals surface area contributed by atoms with Crippen LogP contribution in [-0.2, 0) is 5.41 Å². The minimum absolute atomic E-state index is 0.236. The molecule has 0 bridgehead atoms. The van der Waals surface area contributed by atoms with Gasteiger partial charge in [-0.05, 0) is 36.7 Å². The third-order valence-corrected chi connectivity index (χ3v) is 3.48. The van der Waals surface area contributed by atoms with E-state index in [1.165, 1.54) is 16.8 Å². The molecule has 17 heavy (non-hydrogen) atoms. The molecule has 1 aliphatic rings. The molecule has 0 fully saturated rings. The van der Waals surface area contributed by atoms with Crippen LogP contribution in [0.4, 0.5) is 5.69 Å². The minimum atomic E-state index is 0.236. The lowest BCUT2D eigenvalue weighted by Crippen LogP contribution is -2.21. The van der Waals surface area contributed by atoms with Crippen molar-refractivity contribution in [2.24, 2.45) is 0 Å². The summed E-state index contributed by atoms with van der Waals surface area (Å²) in [6, 6.07) is 6.89. The predicted octanol–water partition coefficient (Wildman–Crippen LogP) is 3.05. The van der Waals surface area contributed by atoms with Crippen molar-refractivity contribution in [3.05, 3.63) is 29.3 Å². The van der Waals surface area contributed by atoms with Gasteiger partial charge in [-0.15, -0.1) is 0 Å². The fourth-order valence-corrected chi connectivity index (χ4v) is 2.47. The highest BCUT2D eigenvalue weighted by atomic mass is 15.1. The molecule has 1 aromatic carbocycles. The highest BCUT2D eigenvalue weighted by Gasteiger charge is 2.24. The molecule has 0 saturated heterocycles. The maximum absolute atomic E-state index is 3.51. The highest BCUT2D eigenvalue weighted by Crippen LogP contribution is 2.35. The number of hydrogen-bond donors (Lipinski definition) is 1. The van der Waals surface area contributed by atoms with Crippen LogP contribution in [0, 0.1) is 0 Å². The van der Waals surface area contributed by atoms with Crippen LogP contribution in [0.3, 0.4) is 0 Å². The van der Waals surface area contributed by atoms with E-state index in [2.05, 4.69) is 63.3 Å². The zero-order valence-corrected chi connectivity index (χ0v) is 11.7. The van der Waals surface area contributed by atoms with Gasteiger partial charge in [0.05, 0.1) is 0 Å². The van der Waals surface area contributed by atoms with E-state index in [1.54, 1.807) is 0 Å². The standard InChI is InChI=1S/C15H24N2/c1-15(2,3)12-6-7-14-13(8-12)11(9-16-14)10-17(4)5/h6-8,11,16H,9-10H2,1-5H3. The van der Waals surface area contributed by atoms with Gasteiger partial charge in [-0.1, -0.05) is 32.9 Å². The Kier molecular flexibility index (Phi) is 3.17. The van der Waals surface area contributed by atoms with E-state index in [-0.39, 0.29) is 5.41 Å². The predicted molar refractivity (Wildman–Crippen MR) is 74.9 cm³/mol. The van der Waals surface area contributed by atoms with Crippen molar-refractivity contribution >= 4 is 5.69 Å². The van der Waals surface area contributed by atoms with Gasteiger partial charge in [0.25, 0.3) is 0 Å². The van der Waals surface area contributed by atoms with Gasteiger partial charge in [0.1, 0.15) is 0 Å². The van der Waals surface area contributed by atoms with Crippen molar-refractivity contribution in [2.45, 2.75) is 32.1 Å². The van der Waals surface area contributed by atoms with Crippen LogP contribution in [0.2, 0.25) is 0 Å². The van der Waals surface area contributed by atoms with Gasteiger partial charge < -0.3 is 10.2 Å². The first-order chi connectivity index (χ1) is 7.88. The molecule has 1 atom stereocenters. The average Bonchev–Trinajstić information content (AvgIpc) is 2.59. The lowest BCUT2D eigenvalue weighted by atomic mass is 9.84. The van der Waals surface area contributed by atoms with Crippen molar-refractivity contribution in [1.29, 1.82) is 0 Å². The number of nitrogens with zero attached hydrogens (tertiary/aromatic N) is 1. The van der Waals surface area contributed by atoms with Crippen LogP contribution < -0.4 is 5.32 Å². The van der Waals surface area contributed by atoms with E-state index in [9.17, 15) is 0 Å². The fourth-order valence-electron chi connectivity index (χ4n) is 2.47. The van der Waals surface area contributed by atoms with Crippen molar-refractivity contribution in [3.63, 3.8) is 0 Å². The molecule has 2 nitrogen and oxygen atoms in total. The maximum Gasteiger partial charge on any atom is 0.0377 e. The van der Waals surface area contributed by atoms with E-state index in [0.29, 0.717) is 5.92 Å². The van der Waals surface area contributed by atoms with Crippen molar-refractivity contribution < 1.29 is 0 Å². The summed E-state index contributed by atoms with van der Waals surface area (Å²) in [7, 11) is 4.29. The molecular formula is C15H24N2. The van der Waals surface area contributed by atoms with Gasteiger partial charge in [0.15, 0.2) is 0 Å². The van der Waals surface area contributed by atoms with E-state index < -0.39 is 0 Å². The van der Waals surface area contributed by atoms with Crippen molar-refractivity contribution in [1.82, 2.24) is 4.90 Å². The first-order valence-corrected chi connectivity index (χ1v) is 6.41. The lowest BCUT2D eigenvalue weighted by Gasteiger charge is -2.21. The summed E-state index contributed by atoms with van der Waals surface area (Å²) < 4.78 is 0. The molecule has 1 aliphatic heterocycles. The van der Waals surface area contributed by atoms with E-state index >= 15 is 0 Å². The molecule has 0 spiro atoms. The molecule has 0 amide bonds. The smallest absolute Gasteiger partial charge is 0.0377 e. The Morgan fingerprint density at radius 3 is 2.59 bits per heavy atom. The second kappa shape index (κ2) is 4.34. The monoisotopic (exact) mass is 232 g/mol. The molecule has 0 radical (unpaired) electrons. The topological polar surface area (TPSA) is 15.3 Å². The molecule has 0 aromatic heterocycles. The average molecular weight is 232 g/mol. The number of anilines is 1. The van der Waals surface area contributed by atoms with Crippen LogP contribution in [-0.4, -0.2) is 32.1 Å². The Morgan fingerprint density at radius 1 is 1.29 bits per heavy atom. The molecule has 0 saturated carbocycles. The number of rotatable bonds is 2. The van der Waals surface area contributed by atoms with Crippen LogP contribution >= 0.6 is 0 Å². The minimum Gasteiger partial charge on any atom is -0.384 e. The highest BCUT2D eigenvalue weighted by molar-refractivity contribution is 5.59. The molecule has 1 aromatic rings. The van der Waals surface area contributed by atoms with Crippen LogP contribution in [0.1, 0.15) is 37.8 Å². The Balaban J connectivity index is 2.31. The molecule has 1 heterocycles. The van der Waals surface area contributed by atoms with E-state index in [4.69, 9.17) is 0 Å². The van der Waals surface area contributed by atoms with Gasteiger partial charge in [0.2, 0.25) is 0 Å². The second-order valence-electron chi connectivity index (χ2n) is 6.39. The van der Waals surface area contributed by atoms with Gasteiger partial charge in [0, 0.05) is 24.7 Å². The number of fused-ring (bicyclic) bond motifs is 1. The summed E-state index contributed by atoms with van der Waals surface area (Å²) in [4.78, 5) is 2.27. The first kappa shape index (κ1) is 12.4. The fraction of sp³-hybridized carbons (Fsp3) is 0.600.